The van der Waals surface area contributed by atoms with Crippen LogP contribution >= 0.6 is 11.6 Å². The fraction of sp³-hybridized carbons (Fsp3) is 0.188. The molecule has 0 heterocycles. The van der Waals surface area contributed by atoms with E-state index in [1.54, 1.807) is 43.1 Å². The average Bonchev–Trinajstić information content (AvgIpc) is 2.46. The number of hydrogen-bond acceptors (Lipinski definition) is 3. The molecule has 0 fully saturated rings. The van der Waals surface area contributed by atoms with E-state index >= 15 is 0 Å². The molecule has 1 unspecified atom stereocenters. The molecule has 0 aliphatic carbocycles. The maximum Gasteiger partial charge on any atom is 0.146 e. The predicted octanol–water partition coefficient (Wildman–Crippen LogP) is 4.19. The normalized spacial score (nSPS) is 11.8. The zero-order valence-corrected chi connectivity index (χ0v) is 12.4. The Labute approximate surface area is 127 Å². The van der Waals surface area contributed by atoms with Crippen molar-refractivity contribution in [1.29, 1.82) is 5.26 Å². The van der Waals surface area contributed by atoms with E-state index in [0.29, 0.717) is 21.8 Å². The molecule has 0 aromatic heterocycles. The zero-order valence-electron chi connectivity index (χ0n) is 11.6. The lowest BCUT2D eigenvalue weighted by atomic mass is 10.0. The lowest BCUT2D eigenvalue weighted by molar-refractivity contribution is 0.465. The first-order valence-electron chi connectivity index (χ1n) is 6.31. The van der Waals surface area contributed by atoms with Gasteiger partial charge in [-0.3, -0.25) is 0 Å². The number of aromatic hydroxyl groups is 1. The minimum absolute atomic E-state index is 0.00312. The molecule has 1 atom stereocenters. The van der Waals surface area contributed by atoms with Crippen LogP contribution in [0.2, 0.25) is 5.02 Å². The number of rotatable bonds is 3. The van der Waals surface area contributed by atoms with Crippen LogP contribution in [0.4, 0.5) is 10.1 Å². The summed E-state index contributed by atoms with van der Waals surface area (Å²) in [6, 6.07) is 10.6. The molecular weight excluding hydrogens is 291 g/mol. The number of halogens is 2. The van der Waals surface area contributed by atoms with Gasteiger partial charge in [0.25, 0.3) is 0 Å². The first kappa shape index (κ1) is 15.1. The summed E-state index contributed by atoms with van der Waals surface area (Å²) in [4.78, 5) is 1.66. The summed E-state index contributed by atoms with van der Waals surface area (Å²) < 4.78 is 13.3. The maximum atomic E-state index is 13.3. The van der Waals surface area contributed by atoms with Gasteiger partial charge in [-0.1, -0.05) is 11.6 Å². The highest BCUT2D eigenvalue weighted by Crippen LogP contribution is 2.33. The van der Waals surface area contributed by atoms with Crippen molar-refractivity contribution in [3.63, 3.8) is 0 Å². The van der Waals surface area contributed by atoms with Crippen LogP contribution in [-0.2, 0) is 0 Å². The van der Waals surface area contributed by atoms with Gasteiger partial charge in [0.1, 0.15) is 17.6 Å². The van der Waals surface area contributed by atoms with E-state index in [4.69, 9.17) is 11.6 Å². The van der Waals surface area contributed by atoms with Crippen molar-refractivity contribution in [3.8, 4) is 11.8 Å². The highest BCUT2D eigenvalue weighted by atomic mass is 35.5. The lowest BCUT2D eigenvalue weighted by Gasteiger charge is -2.26. The quantitative estimate of drug-likeness (QED) is 0.924. The van der Waals surface area contributed by atoms with Crippen molar-refractivity contribution < 1.29 is 9.50 Å². The summed E-state index contributed by atoms with van der Waals surface area (Å²) >= 11 is 5.93. The van der Waals surface area contributed by atoms with Crippen molar-refractivity contribution in [2.45, 2.75) is 13.0 Å². The number of aryl methyl sites for hydroxylation is 1. The Hall–Kier alpha value is -2.25. The fourth-order valence-corrected chi connectivity index (χ4v) is 2.29. The molecule has 0 radical (unpaired) electrons. The summed E-state index contributed by atoms with van der Waals surface area (Å²) in [5.41, 5.74) is 1.58. The lowest BCUT2D eigenvalue weighted by Crippen LogP contribution is -2.23. The van der Waals surface area contributed by atoms with Gasteiger partial charge in [-0.2, -0.15) is 5.26 Å². The molecule has 0 bridgehead atoms. The van der Waals surface area contributed by atoms with E-state index in [1.807, 2.05) is 0 Å². The van der Waals surface area contributed by atoms with Crippen molar-refractivity contribution >= 4 is 17.3 Å². The third-order valence-electron chi connectivity index (χ3n) is 3.34. The van der Waals surface area contributed by atoms with Crippen molar-refractivity contribution in [1.82, 2.24) is 0 Å². The van der Waals surface area contributed by atoms with Gasteiger partial charge in [0.2, 0.25) is 0 Å². The monoisotopic (exact) mass is 304 g/mol. The Kier molecular flexibility index (Phi) is 4.35. The molecule has 0 saturated heterocycles. The fourth-order valence-electron chi connectivity index (χ4n) is 2.11. The van der Waals surface area contributed by atoms with Crippen LogP contribution in [0.25, 0.3) is 0 Å². The van der Waals surface area contributed by atoms with Gasteiger partial charge in [-0.05, 0) is 48.9 Å². The van der Waals surface area contributed by atoms with Gasteiger partial charge in [0.05, 0.1) is 6.07 Å². The summed E-state index contributed by atoms with van der Waals surface area (Å²) in [6.45, 7) is 1.66. The third kappa shape index (κ3) is 3.09. The minimum atomic E-state index is -0.728. The number of hydrogen-bond donors (Lipinski definition) is 1. The van der Waals surface area contributed by atoms with Gasteiger partial charge in [-0.25, -0.2) is 4.39 Å². The molecule has 0 spiro atoms. The Morgan fingerprint density at radius 3 is 2.62 bits per heavy atom. The second-order valence-corrected chi connectivity index (χ2v) is 5.22. The van der Waals surface area contributed by atoms with E-state index in [9.17, 15) is 14.8 Å². The zero-order chi connectivity index (χ0) is 15.6. The van der Waals surface area contributed by atoms with Crippen LogP contribution in [0, 0.1) is 24.1 Å². The van der Waals surface area contributed by atoms with Gasteiger partial charge in [0.15, 0.2) is 0 Å². The van der Waals surface area contributed by atoms with E-state index in [0.717, 1.165) is 0 Å². The van der Waals surface area contributed by atoms with Crippen LogP contribution in [0.1, 0.15) is 17.2 Å². The van der Waals surface area contributed by atoms with Gasteiger partial charge < -0.3 is 10.0 Å². The first-order valence-corrected chi connectivity index (χ1v) is 6.69. The number of anilines is 1. The highest BCUT2D eigenvalue weighted by molar-refractivity contribution is 6.30. The molecule has 2 aromatic carbocycles. The summed E-state index contributed by atoms with van der Waals surface area (Å²) in [6.07, 6.45) is 0. The predicted molar refractivity (Wildman–Crippen MR) is 81.0 cm³/mol. The molecule has 3 nitrogen and oxygen atoms in total. The molecule has 108 valence electrons. The van der Waals surface area contributed by atoms with Crippen LogP contribution in [0.5, 0.6) is 5.75 Å². The number of nitriles is 1. The van der Waals surface area contributed by atoms with Gasteiger partial charge >= 0.3 is 0 Å². The molecule has 2 rings (SSSR count). The standard InChI is InChI=1S/C16H14ClFN2O/c1-10-7-12(4-5-14(10)18)20(2)15(9-19)13-8-11(17)3-6-16(13)21/h3-8,15,21H,1-2H3. The molecule has 0 saturated carbocycles. The van der Waals surface area contributed by atoms with Crippen LogP contribution in [-0.4, -0.2) is 12.2 Å². The number of benzene rings is 2. The molecule has 1 N–H and O–H groups in total. The topological polar surface area (TPSA) is 47.3 Å². The molecule has 21 heavy (non-hydrogen) atoms. The molecule has 2 aromatic rings. The highest BCUT2D eigenvalue weighted by Gasteiger charge is 2.21. The first-order chi connectivity index (χ1) is 9.93. The Morgan fingerprint density at radius 2 is 2.00 bits per heavy atom. The largest absolute Gasteiger partial charge is 0.508 e. The molecule has 0 aliphatic rings. The molecule has 0 aliphatic heterocycles. The van der Waals surface area contributed by atoms with Crippen molar-refractivity contribution in [3.05, 3.63) is 58.4 Å². The second-order valence-electron chi connectivity index (χ2n) is 4.78. The van der Waals surface area contributed by atoms with Crippen LogP contribution < -0.4 is 4.90 Å². The SMILES string of the molecule is Cc1cc(N(C)C(C#N)c2cc(Cl)ccc2O)ccc1F. The Balaban J connectivity index is 2.43. The number of nitrogens with zero attached hydrogens (tertiary/aromatic N) is 2. The summed E-state index contributed by atoms with van der Waals surface area (Å²) in [7, 11) is 1.71. The Morgan fingerprint density at radius 1 is 1.29 bits per heavy atom. The van der Waals surface area contributed by atoms with Gasteiger partial charge in [-0.15, -0.1) is 0 Å². The van der Waals surface area contributed by atoms with Crippen LogP contribution in [0.15, 0.2) is 36.4 Å². The number of phenols is 1. The van der Waals surface area contributed by atoms with Crippen molar-refractivity contribution in [2.75, 3.05) is 11.9 Å². The Bertz CT molecular complexity index is 712. The smallest absolute Gasteiger partial charge is 0.146 e. The molecule has 0 amide bonds. The van der Waals surface area contributed by atoms with E-state index < -0.39 is 6.04 Å². The minimum Gasteiger partial charge on any atom is -0.508 e. The molecule has 5 heteroatoms. The summed E-state index contributed by atoms with van der Waals surface area (Å²) in [5, 5.41) is 19.8. The third-order valence-corrected chi connectivity index (χ3v) is 3.58. The van der Waals surface area contributed by atoms with Crippen molar-refractivity contribution in [2.24, 2.45) is 0 Å². The second kappa shape index (κ2) is 6.02. The van der Waals surface area contributed by atoms with Gasteiger partial charge in [0, 0.05) is 23.3 Å². The van der Waals surface area contributed by atoms with Crippen LogP contribution in [0.3, 0.4) is 0 Å². The van der Waals surface area contributed by atoms with E-state index in [2.05, 4.69) is 6.07 Å². The molecular formula is C16H14ClFN2O. The summed E-state index contributed by atoms with van der Waals surface area (Å²) in [5.74, 6) is -0.303. The maximum absolute atomic E-state index is 13.3. The number of phenolic OH excluding ortho intramolecular Hbond substituents is 1. The van der Waals surface area contributed by atoms with E-state index in [1.165, 1.54) is 12.1 Å². The van der Waals surface area contributed by atoms with E-state index in [-0.39, 0.29) is 11.6 Å². The average molecular weight is 305 g/mol.